The van der Waals surface area contributed by atoms with E-state index in [2.05, 4.69) is 79.2 Å². The first-order chi connectivity index (χ1) is 9.22. The molecule has 106 valence electrons. The third-order valence-electron chi connectivity index (χ3n) is 1.30. The predicted octanol–water partition coefficient (Wildman–Crippen LogP) is 2.46. The summed E-state index contributed by atoms with van der Waals surface area (Å²) in [4.78, 5) is 20.1. The lowest BCUT2D eigenvalue weighted by Gasteiger charge is -1.99. The van der Waals surface area contributed by atoms with Crippen LogP contribution in [-0.2, 0) is 14.3 Å². The number of ether oxygens (including phenoxy) is 2. The molecule has 19 heavy (non-hydrogen) atoms. The van der Waals surface area contributed by atoms with Gasteiger partial charge in [-0.25, -0.2) is 10.1 Å². The summed E-state index contributed by atoms with van der Waals surface area (Å²) in [5.41, 5.74) is 0. The number of carbonyl (C=O) groups is 2. The second kappa shape index (κ2) is 19.7. The summed E-state index contributed by atoms with van der Waals surface area (Å²) in [5, 5.41) is 2.32. The first-order valence-electron chi connectivity index (χ1n) is 5.32. The molecule has 7 heteroatoms. The van der Waals surface area contributed by atoms with E-state index in [9.17, 15) is 9.59 Å². The fraction of sp³-hybridized carbons (Fsp3) is 0.500. The van der Waals surface area contributed by atoms with Gasteiger partial charge in [0.05, 0.1) is 15.5 Å². The third kappa shape index (κ3) is 22.9. The Morgan fingerprint density at radius 2 is 2.00 bits per heavy atom. The van der Waals surface area contributed by atoms with Crippen LogP contribution in [0.4, 0.5) is 4.79 Å². The summed E-state index contributed by atoms with van der Waals surface area (Å²) in [5.74, 6) is 5.23. The summed E-state index contributed by atoms with van der Waals surface area (Å²) in [6.07, 6.45) is 3.62. The quantitative estimate of drug-likeness (QED) is 0.164. The standard InChI is InChI=1S/C8H12INO2.C4H3IO2/c1-2-3-7-12-8(11)10-6-4-5-9;5-2-1-3-7-4-6/h2-3,5,7H2,1H3,(H,10,11);4H,2H2. The Balaban J connectivity index is 0. The molecule has 0 saturated carbocycles. The van der Waals surface area contributed by atoms with E-state index in [0.29, 0.717) is 21.9 Å². The molecular weight excluding hydrogens is 476 g/mol. The minimum atomic E-state index is -0.458. The summed E-state index contributed by atoms with van der Waals surface area (Å²) in [7, 11) is 0. The van der Waals surface area contributed by atoms with Gasteiger partial charge in [0.25, 0.3) is 0 Å². The van der Waals surface area contributed by atoms with E-state index in [1.165, 1.54) is 0 Å². The van der Waals surface area contributed by atoms with Crippen LogP contribution in [0, 0.1) is 24.0 Å². The number of carbonyl (C=O) groups excluding carboxylic acids is 2. The predicted molar refractivity (Wildman–Crippen MR) is 89.9 cm³/mol. The Labute approximate surface area is 140 Å². The highest BCUT2D eigenvalue weighted by Gasteiger charge is 1.95. The Bertz CT molecular complexity index is 352. The monoisotopic (exact) mass is 491 g/mol. The van der Waals surface area contributed by atoms with Gasteiger partial charge in [-0.15, -0.1) is 0 Å². The molecule has 0 aliphatic rings. The van der Waals surface area contributed by atoms with Gasteiger partial charge in [0.15, 0.2) is 0 Å². The highest BCUT2D eigenvalue weighted by atomic mass is 127. The number of rotatable bonds is 4. The first-order valence-corrected chi connectivity index (χ1v) is 8.37. The number of nitrogens with one attached hydrogen (secondary N) is 1. The molecule has 0 rings (SSSR count). The number of alkyl carbamates (subject to hydrolysis) is 1. The van der Waals surface area contributed by atoms with E-state index in [1.807, 2.05) is 6.92 Å². The fourth-order valence-electron chi connectivity index (χ4n) is 0.567. The third-order valence-corrected chi connectivity index (χ3v) is 2.06. The van der Waals surface area contributed by atoms with Crippen LogP contribution in [0.2, 0.25) is 0 Å². The number of amides is 1. The highest BCUT2D eigenvalue weighted by Crippen LogP contribution is 1.87. The van der Waals surface area contributed by atoms with Gasteiger partial charge < -0.3 is 9.47 Å². The second-order valence-corrected chi connectivity index (χ2v) is 4.20. The minimum Gasteiger partial charge on any atom is -0.449 e. The van der Waals surface area contributed by atoms with Crippen molar-refractivity contribution in [3.8, 4) is 24.0 Å². The van der Waals surface area contributed by atoms with Crippen LogP contribution in [0.15, 0.2) is 0 Å². The van der Waals surface area contributed by atoms with Gasteiger partial charge >= 0.3 is 12.6 Å². The molecule has 0 radical (unpaired) electrons. The zero-order chi connectivity index (χ0) is 14.8. The normalized spacial score (nSPS) is 7.32. The summed E-state index contributed by atoms with van der Waals surface area (Å²) in [6, 6.07) is 2.48. The van der Waals surface area contributed by atoms with Crippen LogP contribution in [-0.4, -0.2) is 28.0 Å². The maximum atomic E-state index is 10.8. The van der Waals surface area contributed by atoms with Gasteiger partial charge in [0.2, 0.25) is 0 Å². The van der Waals surface area contributed by atoms with Crippen LogP contribution < -0.4 is 5.32 Å². The zero-order valence-corrected chi connectivity index (χ0v) is 14.8. The van der Waals surface area contributed by atoms with E-state index in [-0.39, 0.29) is 0 Å². The highest BCUT2D eigenvalue weighted by molar-refractivity contribution is 14.1. The molecule has 1 N–H and O–H groups in total. The van der Waals surface area contributed by atoms with Crippen LogP contribution >= 0.6 is 45.2 Å². The van der Waals surface area contributed by atoms with E-state index in [0.717, 1.165) is 12.8 Å². The molecule has 0 saturated heterocycles. The molecule has 0 unspecified atom stereocenters. The SMILES string of the molecule is CCCCOC(=O)NC#CCI.O=COC#CCI. The van der Waals surface area contributed by atoms with Crippen molar-refractivity contribution in [2.75, 3.05) is 15.5 Å². The van der Waals surface area contributed by atoms with Crippen molar-refractivity contribution in [1.82, 2.24) is 5.32 Å². The maximum absolute atomic E-state index is 10.8. The van der Waals surface area contributed by atoms with Crippen LogP contribution in [0.25, 0.3) is 0 Å². The molecule has 0 aromatic heterocycles. The molecule has 0 heterocycles. The zero-order valence-electron chi connectivity index (χ0n) is 10.5. The van der Waals surface area contributed by atoms with E-state index in [1.54, 1.807) is 0 Å². The van der Waals surface area contributed by atoms with Crippen molar-refractivity contribution < 1.29 is 19.1 Å². The molecule has 1 amide bonds. The lowest BCUT2D eigenvalue weighted by Crippen LogP contribution is -2.19. The summed E-state index contributed by atoms with van der Waals surface area (Å²) in [6.45, 7) is 2.81. The second-order valence-electron chi connectivity index (χ2n) is 2.68. The largest absolute Gasteiger partial charge is 0.449 e. The molecule has 0 atom stereocenters. The fourth-order valence-corrected chi connectivity index (χ4v) is 0.913. The van der Waals surface area contributed by atoms with Crippen LogP contribution in [0.3, 0.4) is 0 Å². The van der Waals surface area contributed by atoms with E-state index >= 15 is 0 Å². The first kappa shape index (κ1) is 20.6. The lowest BCUT2D eigenvalue weighted by molar-refractivity contribution is -0.122. The molecular formula is C12H15I2NO4. The molecule has 0 aromatic rings. The average molecular weight is 491 g/mol. The van der Waals surface area contributed by atoms with Gasteiger partial charge in [-0.2, -0.15) is 0 Å². The molecule has 0 bridgehead atoms. The van der Waals surface area contributed by atoms with Crippen molar-refractivity contribution in [2.24, 2.45) is 0 Å². The minimum absolute atomic E-state index is 0.305. The molecule has 0 aromatic carbocycles. The van der Waals surface area contributed by atoms with Crippen molar-refractivity contribution in [3.05, 3.63) is 0 Å². The lowest BCUT2D eigenvalue weighted by atomic mass is 10.4. The summed E-state index contributed by atoms with van der Waals surface area (Å²) >= 11 is 4.16. The van der Waals surface area contributed by atoms with Gasteiger partial charge in [-0.05, 0) is 12.3 Å². The number of hydrogen-bond acceptors (Lipinski definition) is 4. The molecule has 0 aliphatic heterocycles. The number of hydrogen-bond donors (Lipinski definition) is 1. The maximum Gasteiger partial charge on any atom is 0.418 e. The molecule has 0 spiro atoms. The van der Waals surface area contributed by atoms with Crippen molar-refractivity contribution in [2.45, 2.75) is 19.8 Å². The van der Waals surface area contributed by atoms with Gasteiger partial charge in [0.1, 0.15) is 6.11 Å². The van der Waals surface area contributed by atoms with Crippen molar-refractivity contribution in [1.29, 1.82) is 0 Å². The van der Waals surface area contributed by atoms with E-state index < -0.39 is 6.09 Å². The van der Waals surface area contributed by atoms with Crippen molar-refractivity contribution in [3.63, 3.8) is 0 Å². The van der Waals surface area contributed by atoms with Crippen molar-refractivity contribution >= 4 is 57.7 Å². The smallest absolute Gasteiger partial charge is 0.418 e. The molecule has 0 aliphatic carbocycles. The van der Waals surface area contributed by atoms with Gasteiger partial charge in [0, 0.05) is 6.04 Å². The Morgan fingerprint density at radius 3 is 2.53 bits per heavy atom. The Hall–Kier alpha value is -0.680. The van der Waals surface area contributed by atoms with Crippen LogP contribution in [0.1, 0.15) is 19.8 Å². The Kier molecular flexibility index (Phi) is 21.3. The topological polar surface area (TPSA) is 64.6 Å². The molecule has 0 fully saturated rings. The summed E-state index contributed by atoms with van der Waals surface area (Å²) < 4.78 is 10.2. The number of halogens is 2. The van der Waals surface area contributed by atoms with Gasteiger partial charge in [-0.1, -0.05) is 64.4 Å². The Morgan fingerprint density at radius 1 is 1.32 bits per heavy atom. The molecule has 5 nitrogen and oxygen atoms in total. The number of unbranched alkanes of at least 4 members (excludes halogenated alkanes) is 1. The van der Waals surface area contributed by atoms with E-state index in [4.69, 9.17) is 4.74 Å². The van der Waals surface area contributed by atoms with Crippen LogP contribution in [0.5, 0.6) is 0 Å². The average Bonchev–Trinajstić information content (AvgIpc) is 2.41. The number of alkyl halides is 2. The van der Waals surface area contributed by atoms with Gasteiger partial charge in [-0.3, -0.25) is 4.79 Å².